The van der Waals surface area contributed by atoms with Gasteiger partial charge in [0.25, 0.3) is 5.19 Å². The molecule has 0 bridgehead atoms. The van der Waals surface area contributed by atoms with Gasteiger partial charge in [-0.15, -0.1) is 0 Å². The fraction of sp³-hybridized carbons (Fsp3) is 0.667. The van der Waals surface area contributed by atoms with Crippen molar-refractivity contribution in [2.24, 2.45) is 5.73 Å². The highest BCUT2D eigenvalue weighted by Crippen LogP contribution is 2.32. The van der Waals surface area contributed by atoms with Gasteiger partial charge in [-0.2, -0.15) is 4.98 Å². The van der Waals surface area contributed by atoms with Crippen LogP contribution < -0.4 is 15.4 Å². The van der Waals surface area contributed by atoms with E-state index in [0.717, 1.165) is 23.8 Å². The Hall–Kier alpha value is -0.810. The predicted molar refractivity (Wildman–Crippen MR) is 58.0 cm³/mol. The molecule has 0 spiro atoms. The van der Waals surface area contributed by atoms with Crippen molar-refractivity contribution in [3.05, 3.63) is 4.88 Å². The number of aromatic nitrogens is 1. The molecule has 0 unspecified atom stereocenters. The summed E-state index contributed by atoms with van der Waals surface area (Å²) in [4.78, 5) is 7.85. The molecule has 2 N–H and O–H groups in total. The van der Waals surface area contributed by atoms with Gasteiger partial charge >= 0.3 is 0 Å². The number of methoxy groups -OCH3 is 1. The lowest BCUT2D eigenvalue weighted by Crippen LogP contribution is -2.19. The van der Waals surface area contributed by atoms with Crippen LogP contribution in [0, 0.1) is 0 Å². The van der Waals surface area contributed by atoms with Crippen LogP contribution in [0.1, 0.15) is 17.7 Å². The van der Waals surface area contributed by atoms with Gasteiger partial charge < -0.3 is 15.4 Å². The Balaban J connectivity index is 2.25. The van der Waals surface area contributed by atoms with Crippen LogP contribution in [0.25, 0.3) is 0 Å². The highest BCUT2D eigenvalue weighted by atomic mass is 32.1. The topological polar surface area (TPSA) is 51.4 Å². The molecule has 1 aliphatic rings. The number of thiazole rings is 1. The molecule has 1 fully saturated rings. The van der Waals surface area contributed by atoms with E-state index in [1.54, 1.807) is 18.4 Å². The maximum absolute atomic E-state index is 5.67. The molecule has 1 saturated heterocycles. The van der Waals surface area contributed by atoms with Crippen molar-refractivity contribution in [3.8, 4) is 5.19 Å². The third-order valence-corrected chi connectivity index (χ3v) is 3.45. The molecule has 4 nitrogen and oxygen atoms in total. The third kappa shape index (κ3) is 1.69. The summed E-state index contributed by atoms with van der Waals surface area (Å²) in [5.41, 5.74) is 5.67. The van der Waals surface area contributed by atoms with E-state index in [9.17, 15) is 0 Å². The van der Waals surface area contributed by atoms with Crippen molar-refractivity contribution in [2.45, 2.75) is 19.4 Å². The van der Waals surface area contributed by atoms with Crippen molar-refractivity contribution in [3.63, 3.8) is 0 Å². The minimum absolute atomic E-state index is 0.548. The van der Waals surface area contributed by atoms with Gasteiger partial charge in [-0.1, -0.05) is 11.3 Å². The maximum Gasteiger partial charge on any atom is 0.275 e. The minimum atomic E-state index is 0.548. The van der Waals surface area contributed by atoms with Gasteiger partial charge in [0.15, 0.2) is 0 Å². The summed E-state index contributed by atoms with van der Waals surface area (Å²) in [6.45, 7) is 2.74. The summed E-state index contributed by atoms with van der Waals surface area (Å²) in [5, 5.41) is 0.715. The van der Waals surface area contributed by atoms with Gasteiger partial charge in [-0.25, -0.2) is 0 Å². The standard InChI is InChI=1S/C9H15N3OS/c1-13-9-11-8(7(6-10)14-9)12-4-2-3-5-12/h2-6,10H2,1H3. The number of hydrogen-bond acceptors (Lipinski definition) is 5. The average Bonchev–Trinajstić information content (AvgIpc) is 2.85. The molecule has 0 atom stereocenters. The molecule has 78 valence electrons. The zero-order valence-corrected chi connectivity index (χ0v) is 9.14. The van der Waals surface area contributed by atoms with Crippen LogP contribution in [0.15, 0.2) is 0 Å². The summed E-state index contributed by atoms with van der Waals surface area (Å²) >= 11 is 1.55. The second kappa shape index (κ2) is 4.14. The molecule has 1 aromatic heterocycles. The van der Waals surface area contributed by atoms with Crippen LogP contribution in [-0.2, 0) is 6.54 Å². The Morgan fingerprint density at radius 3 is 2.79 bits per heavy atom. The van der Waals surface area contributed by atoms with Crippen LogP contribution >= 0.6 is 11.3 Å². The minimum Gasteiger partial charge on any atom is -0.473 e. The van der Waals surface area contributed by atoms with Gasteiger partial charge in [0.2, 0.25) is 0 Å². The molecule has 14 heavy (non-hydrogen) atoms. The normalized spacial score (nSPS) is 16.3. The number of anilines is 1. The number of nitrogens with zero attached hydrogens (tertiary/aromatic N) is 2. The molecule has 0 radical (unpaired) electrons. The SMILES string of the molecule is COc1nc(N2CCCC2)c(CN)s1. The lowest BCUT2D eigenvalue weighted by atomic mass is 10.4. The molecule has 1 aromatic rings. The summed E-state index contributed by atoms with van der Waals surface area (Å²) in [6.07, 6.45) is 2.51. The van der Waals surface area contributed by atoms with E-state index in [1.807, 2.05) is 0 Å². The van der Waals surface area contributed by atoms with Crippen LogP contribution in [0.4, 0.5) is 5.82 Å². The first-order valence-electron chi connectivity index (χ1n) is 4.84. The fourth-order valence-electron chi connectivity index (χ4n) is 1.72. The van der Waals surface area contributed by atoms with E-state index in [1.165, 1.54) is 12.8 Å². The number of hydrogen-bond donors (Lipinski definition) is 1. The van der Waals surface area contributed by atoms with E-state index in [2.05, 4.69) is 9.88 Å². The Kier molecular flexibility index (Phi) is 2.88. The third-order valence-electron chi connectivity index (χ3n) is 2.42. The smallest absolute Gasteiger partial charge is 0.275 e. The maximum atomic E-state index is 5.67. The van der Waals surface area contributed by atoms with Crippen molar-refractivity contribution in [1.82, 2.24) is 4.98 Å². The zero-order valence-electron chi connectivity index (χ0n) is 8.32. The molecule has 0 amide bonds. The van der Waals surface area contributed by atoms with Gasteiger partial charge in [-0.05, 0) is 12.8 Å². The van der Waals surface area contributed by atoms with E-state index in [-0.39, 0.29) is 0 Å². The molecule has 0 saturated carbocycles. The monoisotopic (exact) mass is 213 g/mol. The molecule has 5 heteroatoms. The Bertz CT molecular complexity index is 307. The highest BCUT2D eigenvalue weighted by Gasteiger charge is 2.19. The van der Waals surface area contributed by atoms with Gasteiger partial charge in [0.1, 0.15) is 5.82 Å². The van der Waals surface area contributed by atoms with Crippen LogP contribution in [0.5, 0.6) is 5.19 Å². The summed E-state index contributed by atoms with van der Waals surface area (Å²) in [6, 6.07) is 0. The average molecular weight is 213 g/mol. The first-order valence-corrected chi connectivity index (χ1v) is 5.65. The molecule has 0 aromatic carbocycles. The largest absolute Gasteiger partial charge is 0.473 e. The predicted octanol–water partition coefficient (Wildman–Crippen LogP) is 1.21. The van der Waals surface area contributed by atoms with E-state index >= 15 is 0 Å². The summed E-state index contributed by atoms with van der Waals surface area (Å²) < 4.78 is 5.12. The van der Waals surface area contributed by atoms with Crippen LogP contribution in [0.2, 0.25) is 0 Å². The van der Waals surface area contributed by atoms with Crippen molar-refractivity contribution < 1.29 is 4.74 Å². The van der Waals surface area contributed by atoms with Crippen molar-refractivity contribution >= 4 is 17.2 Å². The van der Waals surface area contributed by atoms with E-state index in [4.69, 9.17) is 10.5 Å². The highest BCUT2D eigenvalue weighted by molar-refractivity contribution is 7.13. The fourth-order valence-corrected chi connectivity index (χ4v) is 2.49. The Morgan fingerprint density at radius 2 is 2.21 bits per heavy atom. The Morgan fingerprint density at radius 1 is 1.50 bits per heavy atom. The van der Waals surface area contributed by atoms with Crippen LogP contribution in [0.3, 0.4) is 0 Å². The molecule has 0 aliphatic carbocycles. The molecule has 2 rings (SSSR count). The first-order chi connectivity index (χ1) is 6.85. The summed E-state index contributed by atoms with van der Waals surface area (Å²) in [5.74, 6) is 1.03. The lowest BCUT2D eigenvalue weighted by Gasteiger charge is -2.15. The number of ether oxygens (including phenoxy) is 1. The van der Waals surface area contributed by atoms with E-state index < -0.39 is 0 Å². The zero-order chi connectivity index (χ0) is 9.97. The molecule has 1 aliphatic heterocycles. The molecule has 2 heterocycles. The quantitative estimate of drug-likeness (QED) is 0.820. The Labute approximate surface area is 87.7 Å². The number of rotatable bonds is 3. The number of nitrogens with two attached hydrogens (primary N) is 1. The molecular weight excluding hydrogens is 198 g/mol. The van der Waals surface area contributed by atoms with Crippen molar-refractivity contribution in [1.29, 1.82) is 0 Å². The second-order valence-corrected chi connectivity index (χ2v) is 4.38. The first kappa shape index (κ1) is 9.73. The van der Waals surface area contributed by atoms with Gasteiger partial charge in [-0.3, -0.25) is 0 Å². The van der Waals surface area contributed by atoms with Crippen LogP contribution in [-0.4, -0.2) is 25.2 Å². The lowest BCUT2D eigenvalue weighted by molar-refractivity contribution is 0.412. The van der Waals surface area contributed by atoms with Crippen molar-refractivity contribution in [2.75, 3.05) is 25.1 Å². The second-order valence-electron chi connectivity index (χ2n) is 3.33. The summed E-state index contributed by atoms with van der Waals surface area (Å²) in [7, 11) is 1.65. The van der Waals surface area contributed by atoms with Gasteiger partial charge in [0, 0.05) is 19.6 Å². The van der Waals surface area contributed by atoms with Gasteiger partial charge in [0.05, 0.1) is 12.0 Å². The molecular formula is C9H15N3OS. The van der Waals surface area contributed by atoms with E-state index in [0.29, 0.717) is 11.7 Å².